The second-order valence-corrected chi connectivity index (χ2v) is 4.21. The highest BCUT2D eigenvalue weighted by atomic mass is 16.5. The fourth-order valence-corrected chi connectivity index (χ4v) is 1.82. The summed E-state index contributed by atoms with van der Waals surface area (Å²) in [6.07, 6.45) is 0.696. The van der Waals surface area contributed by atoms with Gasteiger partial charge in [-0.25, -0.2) is 4.79 Å². The second-order valence-electron chi connectivity index (χ2n) is 4.21. The number of likely N-dealkylation sites (N-methyl/N-ethyl adjacent to an activating group) is 1. The molecule has 1 N–H and O–H groups in total. The summed E-state index contributed by atoms with van der Waals surface area (Å²) >= 11 is 0. The van der Waals surface area contributed by atoms with Crippen molar-refractivity contribution in [1.29, 1.82) is 0 Å². The van der Waals surface area contributed by atoms with E-state index in [1.807, 2.05) is 37.4 Å². The number of ether oxygens (including phenoxy) is 1. The predicted octanol–water partition coefficient (Wildman–Crippen LogP) is 1.75. The van der Waals surface area contributed by atoms with E-state index < -0.39 is 5.97 Å². The zero-order valence-electron chi connectivity index (χ0n) is 11.5. The summed E-state index contributed by atoms with van der Waals surface area (Å²) < 4.78 is 9.96. The van der Waals surface area contributed by atoms with Gasteiger partial charge in [0.2, 0.25) is 5.89 Å². The number of nitrogens with zero attached hydrogens (tertiary/aromatic N) is 2. The SMILES string of the molecule is CCOC(=O)c1noc([C@@H](Cc2ccccc2)NC)n1. The van der Waals surface area contributed by atoms with Gasteiger partial charge in [-0.15, -0.1) is 0 Å². The minimum Gasteiger partial charge on any atom is -0.460 e. The molecule has 106 valence electrons. The Hall–Kier alpha value is -2.21. The van der Waals surface area contributed by atoms with E-state index in [1.54, 1.807) is 6.92 Å². The third kappa shape index (κ3) is 3.42. The van der Waals surface area contributed by atoms with Crippen LogP contribution in [-0.4, -0.2) is 29.8 Å². The number of hydrogen-bond donors (Lipinski definition) is 1. The molecule has 0 aliphatic heterocycles. The van der Waals surface area contributed by atoms with Crippen LogP contribution in [0.5, 0.6) is 0 Å². The predicted molar refractivity (Wildman–Crippen MR) is 72.2 cm³/mol. The van der Waals surface area contributed by atoms with Gasteiger partial charge in [0.1, 0.15) is 0 Å². The number of benzene rings is 1. The minimum atomic E-state index is -0.572. The maximum absolute atomic E-state index is 11.5. The first-order valence-electron chi connectivity index (χ1n) is 6.46. The van der Waals surface area contributed by atoms with Crippen LogP contribution in [0.4, 0.5) is 0 Å². The first-order valence-corrected chi connectivity index (χ1v) is 6.46. The molecule has 0 spiro atoms. The molecule has 1 aromatic heterocycles. The number of carbonyl (C=O) groups is 1. The molecule has 0 amide bonds. The number of hydrogen-bond acceptors (Lipinski definition) is 6. The smallest absolute Gasteiger partial charge is 0.379 e. The first-order chi connectivity index (χ1) is 9.74. The molecule has 1 heterocycles. The highest BCUT2D eigenvalue weighted by Gasteiger charge is 2.21. The zero-order valence-corrected chi connectivity index (χ0v) is 11.5. The van der Waals surface area contributed by atoms with E-state index in [2.05, 4.69) is 15.5 Å². The Bertz CT molecular complexity index is 554. The molecule has 6 heteroatoms. The van der Waals surface area contributed by atoms with Crippen LogP contribution >= 0.6 is 0 Å². The van der Waals surface area contributed by atoms with Crippen LogP contribution in [0.1, 0.15) is 35.0 Å². The molecule has 0 radical (unpaired) electrons. The lowest BCUT2D eigenvalue weighted by molar-refractivity contribution is 0.0508. The molecule has 0 unspecified atom stereocenters. The van der Waals surface area contributed by atoms with Gasteiger partial charge in [-0.2, -0.15) is 4.98 Å². The average Bonchev–Trinajstić information content (AvgIpc) is 2.96. The van der Waals surface area contributed by atoms with Crippen LogP contribution in [-0.2, 0) is 11.2 Å². The van der Waals surface area contributed by atoms with Crippen LogP contribution in [0.15, 0.2) is 34.9 Å². The standard InChI is InChI=1S/C14H17N3O3/c1-3-19-14(18)12-16-13(20-17-12)11(15-2)9-10-7-5-4-6-8-10/h4-8,11,15H,3,9H2,1-2H3/t11-/m1/s1. The van der Waals surface area contributed by atoms with Crippen LogP contribution in [0.2, 0.25) is 0 Å². The summed E-state index contributed by atoms with van der Waals surface area (Å²) in [7, 11) is 1.81. The van der Waals surface area contributed by atoms with Gasteiger partial charge in [0, 0.05) is 0 Å². The number of esters is 1. The van der Waals surface area contributed by atoms with E-state index in [4.69, 9.17) is 9.26 Å². The van der Waals surface area contributed by atoms with Gasteiger partial charge >= 0.3 is 5.97 Å². The monoisotopic (exact) mass is 275 g/mol. The molecule has 0 saturated heterocycles. The Balaban J connectivity index is 2.10. The molecular weight excluding hydrogens is 258 g/mol. The fourth-order valence-electron chi connectivity index (χ4n) is 1.82. The lowest BCUT2D eigenvalue weighted by Crippen LogP contribution is -2.19. The summed E-state index contributed by atoms with van der Waals surface area (Å²) in [5, 5.41) is 6.75. The van der Waals surface area contributed by atoms with Gasteiger partial charge in [-0.05, 0) is 31.1 Å². The molecule has 0 saturated carbocycles. The van der Waals surface area contributed by atoms with Crippen molar-refractivity contribution in [3.8, 4) is 0 Å². The highest BCUT2D eigenvalue weighted by Crippen LogP contribution is 2.16. The Kier molecular flexibility index (Phi) is 4.84. The van der Waals surface area contributed by atoms with E-state index in [9.17, 15) is 4.79 Å². The van der Waals surface area contributed by atoms with Crippen molar-refractivity contribution in [1.82, 2.24) is 15.5 Å². The Morgan fingerprint density at radius 1 is 1.40 bits per heavy atom. The van der Waals surface area contributed by atoms with Crippen molar-refractivity contribution >= 4 is 5.97 Å². The summed E-state index contributed by atoms with van der Waals surface area (Å²) in [6, 6.07) is 9.80. The Labute approximate surface area is 117 Å². The maximum Gasteiger partial charge on any atom is 0.379 e. The number of rotatable bonds is 6. The quantitative estimate of drug-likeness (QED) is 0.809. The number of aromatic nitrogens is 2. The number of carbonyl (C=O) groups excluding carboxylic acids is 1. The van der Waals surface area contributed by atoms with Crippen LogP contribution < -0.4 is 5.32 Å². The molecule has 1 aromatic carbocycles. The average molecular weight is 275 g/mol. The molecule has 0 aliphatic carbocycles. The third-order valence-electron chi connectivity index (χ3n) is 2.83. The number of nitrogens with one attached hydrogen (secondary N) is 1. The molecule has 6 nitrogen and oxygen atoms in total. The largest absolute Gasteiger partial charge is 0.460 e. The lowest BCUT2D eigenvalue weighted by Gasteiger charge is -2.11. The molecule has 0 bridgehead atoms. The third-order valence-corrected chi connectivity index (χ3v) is 2.83. The zero-order chi connectivity index (χ0) is 14.4. The van der Waals surface area contributed by atoms with Crippen molar-refractivity contribution < 1.29 is 14.1 Å². The van der Waals surface area contributed by atoms with Gasteiger partial charge in [-0.1, -0.05) is 30.3 Å². The van der Waals surface area contributed by atoms with E-state index in [0.29, 0.717) is 12.3 Å². The van der Waals surface area contributed by atoms with Gasteiger partial charge in [0.25, 0.3) is 5.82 Å². The summed E-state index contributed by atoms with van der Waals surface area (Å²) in [5.74, 6) is -0.244. The Morgan fingerprint density at radius 2 is 2.15 bits per heavy atom. The normalized spacial score (nSPS) is 12.1. The highest BCUT2D eigenvalue weighted by molar-refractivity contribution is 5.84. The molecule has 2 aromatic rings. The molecule has 20 heavy (non-hydrogen) atoms. The Morgan fingerprint density at radius 3 is 2.80 bits per heavy atom. The van der Waals surface area contributed by atoms with Crippen molar-refractivity contribution in [2.75, 3.05) is 13.7 Å². The first kappa shape index (κ1) is 14.2. The van der Waals surface area contributed by atoms with Crippen LogP contribution in [0.3, 0.4) is 0 Å². The molecule has 2 rings (SSSR count). The van der Waals surface area contributed by atoms with E-state index >= 15 is 0 Å². The van der Waals surface area contributed by atoms with E-state index in [-0.39, 0.29) is 18.5 Å². The van der Waals surface area contributed by atoms with Crippen molar-refractivity contribution in [3.05, 3.63) is 47.6 Å². The molecular formula is C14H17N3O3. The maximum atomic E-state index is 11.5. The van der Waals surface area contributed by atoms with Gasteiger partial charge in [0.05, 0.1) is 12.6 Å². The second kappa shape index (κ2) is 6.81. The summed E-state index contributed by atoms with van der Waals surface area (Å²) in [5.41, 5.74) is 1.14. The molecule has 1 atom stereocenters. The molecule has 0 aliphatic rings. The van der Waals surface area contributed by atoms with Crippen molar-refractivity contribution in [2.24, 2.45) is 0 Å². The van der Waals surface area contributed by atoms with Crippen LogP contribution in [0.25, 0.3) is 0 Å². The minimum absolute atomic E-state index is 0.0461. The summed E-state index contributed by atoms with van der Waals surface area (Å²) in [6.45, 7) is 2.01. The lowest BCUT2D eigenvalue weighted by atomic mass is 10.1. The van der Waals surface area contributed by atoms with Gasteiger partial charge in [-0.3, -0.25) is 0 Å². The summed E-state index contributed by atoms with van der Waals surface area (Å²) in [4.78, 5) is 15.6. The van der Waals surface area contributed by atoms with Gasteiger partial charge < -0.3 is 14.6 Å². The van der Waals surface area contributed by atoms with Crippen LogP contribution in [0, 0.1) is 0 Å². The van der Waals surface area contributed by atoms with Crippen molar-refractivity contribution in [2.45, 2.75) is 19.4 Å². The molecule has 0 fully saturated rings. The van der Waals surface area contributed by atoms with E-state index in [1.165, 1.54) is 0 Å². The van der Waals surface area contributed by atoms with Gasteiger partial charge in [0.15, 0.2) is 0 Å². The van der Waals surface area contributed by atoms with Crippen molar-refractivity contribution in [3.63, 3.8) is 0 Å². The fraction of sp³-hybridized carbons (Fsp3) is 0.357. The topological polar surface area (TPSA) is 77.2 Å². The van der Waals surface area contributed by atoms with E-state index in [0.717, 1.165) is 5.56 Å².